The molecule has 0 aliphatic rings. The Hall–Kier alpha value is -1.44. The van der Waals surface area contributed by atoms with Gasteiger partial charge < -0.3 is 14.7 Å². The highest BCUT2D eigenvalue weighted by atomic mass is 79.9. The van der Waals surface area contributed by atoms with Crippen molar-refractivity contribution >= 4 is 39.0 Å². The minimum Gasteiger partial charge on any atom is -0.360 e. The van der Waals surface area contributed by atoms with Crippen LogP contribution in [0.5, 0.6) is 0 Å². The molecule has 0 saturated heterocycles. The SMILES string of the molecule is C=CC[NH+](CC(=O)Nc1cc(C)on1)Cc1ccc(Br)s1. The smallest absolute Gasteiger partial charge is 0.280 e. The lowest BCUT2D eigenvalue weighted by Crippen LogP contribution is -3.11. The molecule has 5 nitrogen and oxygen atoms in total. The number of amides is 1. The van der Waals surface area contributed by atoms with E-state index in [1.54, 1.807) is 24.3 Å². The second-order valence-corrected chi connectivity index (χ2v) is 7.22. The number of thiophene rings is 1. The monoisotopic (exact) mass is 370 g/mol. The highest BCUT2D eigenvalue weighted by Gasteiger charge is 2.16. The fourth-order valence-electron chi connectivity index (χ4n) is 1.94. The number of aryl methyl sites for hydroxylation is 1. The number of nitrogens with zero attached hydrogens (tertiary/aromatic N) is 1. The number of carbonyl (C=O) groups excluding carboxylic acids is 1. The number of aromatic nitrogens is 1. The fraction of sp³-hybridized carbons (Fsp3) is 0.286. The van der Waals surface area contributed by atoms with Crippen molar-refractivity contribution in [2.45, 2.75) is 13.5 Å². The second-order valence-electron chi connectivity index (χ2n) is 4.67. The third-order valence-electron chi connectivity index (χ3n) is 2.79. The molecule has 0 aliphatic carbocycles. The van der Waals surface area contributed by atoms with Gasteiger partial charge in [0.25, 0.3) is 5.91 Å². The van der Waals surface area contributed by atoms with Crippen LogP contribution in [-0.2, 0) is 11.3 Å². The predicted octanol–water partition coefficient (Wildman–Crippen LogP) is 2.02. The molecular weight excluding hydrogens is 354 g/mol. The van der Waals surface area contributed by atoms with Crippen LogP contribution in [0.15, 0.2) is 39.2 Å². The number of rotatable bonds is 7. The molecule has 7 heteroatoms. The minimum absolute atomic E-state index is 0.0872. The van der Waals surface area contributed by atoms with Crippen LogP contribution >= 0.6 is 27.3 Å². The summed E-state index contributed by atoms with van der Waals surface area (Å²) in [6.07, 6.45) is 1.82. The molecule has 1 unspecified atom stereocenters. The van der Waals surface area contributed by atoms with Gasteiger partial charge in [-0.05, 0) is 41.1 Å². The maximum atomic E-state index is 12.0. The molecule has 0 spiro atoms. The van der Waals surface area contributed by atoms with E-state index >= 15 is 0 Å². The van der Waals surface area contributed by atoms with Crippen molar-refractivity contribution in [2.24, 2.45) is 0 Å². The number of anilines is 1. The van der Waals surface area contributed by atoms with E-state index in [1.807, 2.05) is 12.1 Å². The van der Waals surface area contributed by atoms with E-state index in [0.717, 1.165) is 21.8 Å². The van der Waals surface area contributed by atoms with E-state index < -0.39 is 0 Å². The first-order valence-electron chi connectivity index (χ1n) is 6.48. The van der Waals surface area contributed by atoms with Crippen LogP contribution in [-0.4, -0.2) is 24.2 Å². The molecule has 1 atom stereocenters. The van der Waals surface area contributed by atoms with Gasteiger partial charge in [-0.1, -0.05) is 11.7 Å². The molecule has 0 fully saturated rings. The van der Waals surface area contributed by atoms with Crippen molar-refractivity contribution in [1.29, 1.82) is 0 Å². The summed E-state index contributed by atoms with van der Waals surface area (Å²) in [6.45, 7) is 7.40. The van der Waals surface area contributed by atoms with Crippen molar-refractivity contribution in [3.8, 4) is 0 Å². The average molecular weight is 371 g/mol. The molecule has 112 valence electrons. The molecule has 0 radical (unpaired) electrons. The summed E-state index contributed by atoms with van der Waals surface area (Å²) in [6, 6.07) is 5.78. The minimum atomic E-state index is -0.0872. The zero-order chi connectivity index (χ0) is 15.2. The van der Waals surface area contributed by atoms with Gasteiger partial charge in [0.2, 0.25) is 0 Å². The molecule has 2 N–H and O–H groups in total. The van der Waals surface area contributed by atoms with E-state index in [-0.39, 0.29) is 5.91 Å². The highest BCUT2D eigenvalue weighted by molar-refractivity contribution is 9.11. The summed E-state index contributed by atoms with van der Waals surface area (Å²) in [5.74, 6) is 1.04. The first kappa shape index (κ1) is 15.9. The maximum absolute atomic E-state index is 12.0. The molecule has 2 heterocycles. The van der Waals surface area contributed by atoms with Crippen molar-refractivity contribution < 1.29 is 14.2 Å². The quantitative estimate of drug-likeness (QED) is 0.733. The summed E-state index contributed by atoms with van der Waals surface area (Å²) in [5, 5.41) is 6.49. The summed E-state index contributed by atoms with van der Waals surface area (Å²) in [5.41, 5.74) is 0. The van der Waals surface area contributed by atoms with Crippen molar-refractivity contribution in [1.82, 2.24) is 5.16 Å². The summed E-state index contributed by atoms with van der Waals surface area (Å²) in [7, 11) is 0. The Morgan fingerprint density at radius 3 is 3.00 bits per heavy atom. The van der Waals surface area contributed by atoms with E-state index in [0.29, 0.717) is 18.1 Å². The molecular formula is C14H17BrN3O2S+. The molecule has 2 aromatic rings. The van der Waals surface area contributed by atoms with E-state index in [1.165, 1.54) is 4.88 Å². The Morgan fingerprint density at radius 2 is 2.43 bits per heavy atom. The lowest BCUT2D eigenvalue weighted by molar-refractivity contribution is -0.899. The Morgan fingerprint density at radius 1 is 1.62 bits per heavy atom. The van der Waals surface area contributed by atoms with Gasteiger partial charge in [-0.25, -0.2) is 0 Å². The Balaban J connectivity index is 1.92. The summed E-state index contributed by atoms with van der Waals surface area (Å²) in [4.78, 5) is 14.4. The number of nitrogens with one attached hydrogen (secondary N) is 2. The van der Waals surface area contributed by atoms with Gasteiger partial charge in [-0.3, -0.25) is 4.79 Å². The number of halogens is 1. The third-order valence-corrected chi connectivity index (χ3v) is 4.42. The summed E-state index contributed by atoms with van der Waals surface area (Å²) >= 11 is 5.13. The van der Waals surface area contributed by atoms with Crippen molar-refractivity contribution in [2.75, 3.05) is 18.4 Å². The molecule has 21 heavy (non-hydrogen) atoms. The largest absolute Gasteiger partial charge is 0.360 e. The number of hydrogen-bond acceptors (Lipinski definition) is 4. The fourth-order valence-corrected chi connectivity index (χ4v) is 3.50. The zero-order valence-corrected chi connectivity index (χ0v) is 14.1. The Kier molecular flexibility index (Phi) is 5.72. The number of hydrogen-bond donors (Lipinski definition) is 2. The molecule has 0 aromatic carbocycles. The second kappa shape index (κ2) is 7.53. The highest BCUT2D eigenvalue weighted by Crippen LogP contribution is 2.21. The van der Waals surface area contributed by atoms with Crippen LogP contribution in [0.3, 0.4) is 0 Å². The van der Waals surface area contributed by atoms with Crippen LogP contribution in [0, 0.1) is 6.92 Å². The average Bonchev–Trinajstić information content (AvgIpc) is 2.99. The molecule has 0 saturated carbocycles. The van der Waals surface area contributed by atoms with E-state index in [2.05, 4.69) is 39.0 Å². The zero-order valence-electron chi connectivity index (χ0n) is 11.7. The molecule has 2 aromatic heterocycles. The van der Waals surface area contributed by atoms with E-state index in [9.17, 15) is 4.79 Å². The lowest BCUT2D eigenvalue weighted by atomic mass is 10.3. The van der Waals surface area contributed by atoms with Gasteiger partial charge >= 0.3 is 0 Å². The van der Waals surface area contributed by atoms with Gasteiger partial charge in [0.05, 0.1) is 15.2 Å². The summed E-state index contributed by atoms with van der Waals surface area (Å²) < 4.78 is 6.02. The Labute approximate surface area is 135 Å². The van der Waals surface area contributed by atoms with Gasteiger partial charge in [0, 0.05) is 6.07 Å². The standard InChI is InChI=1S/C14H16BrN3O2S/c1-3-6-18(8-11-4-5-12(15)21-11)9-14(19)16-13-7-10(2)20-17-13/h3-5,7H,1,6,8-9H2,2H3,(H,16,17,19)/p+1. The predicted molar refractivity (Wildman–Crippen MR) is 86.5 cm³/mol. The molecule has 0 bridgehead atoms. The topological polar surface area (TPSA) is 59.6 Å². The van der Waals surface area contributed by atoms with Crippen LogP contribution in [0.1, 0.15) is 10.6 Å². The van der Waals surface area contributed by atoms with Gasteiger partial charge in [0.1, 0.15) is 12.3 Å². The van der Waals surface area contributed by atoms with Crippen LogP contribution < -0.4 is 10.2 Å². The molecule has 1 amide bonds. The van der Waals surface area contributed by atoms with Crippen molar-refractivity contribution in [3.63, 3.8) is 0 Å². The molecule has 0 aliphatic heterocycles. The first-order chi connectivity index (χ1) is 10.1. The normalized spacial score (nSPS) is 12.1. The van der Waals surface area contributed by atoms with Gasteiger partial charge in [0.15, 0.2) is 12.4 Å². The van der Waals surface area contributed by atoms with Gasteiger partial charge in [-0.15, -0.1) is 11.3 Å². The lowest BCUT2D eigenvalue weighted by Gasteiger charge is -2.16. The number of carbonyl (C=O) groups is 1. The van der Waals surface area contributed by atoms with E-state index in [4.69, 9.17) is 4.52 Å². The van der Waals surface area contributed by atoms with Crippen molar-refractivity contribution in [3.05, 3.63) is 45.3 Å². The van der Waals surface area contributed by atoms with Crippen LogP contribution in [0.25, 0.3) is 0 Å². The maximum Gasteiger partial charge on any atom is 0.280 e. The first-order valence-corrected chi connectivity index (χ1v) is 8.09. The Bertz CT molecular complexity index is 623. The van der Waals surface area contributed by atoms with Crippen LogP contribution in [0.4, 0.5) is 5.82 Å². The van der Waals surface area contributed by atoms with Crippen LogP contribution in [0.2, 0.25) is 0 Å². The molecule has 2 rings (SSSR count). The third kappa shape index (κ3) is 5.11. The number of quaternary nitrogens is 1. The van der Waals surface area contributed by atoms with Gasteiger partial charge in [-0.2, -0.15) is 0 Å².